The van der Waals surface area contributed by atoms with E-state index in [-0.39, 0.29) is 0 Å². The third-order valence-electron chi connectivity index (χ3n) is 2.58. The van der Waals surface area contributed by atoms with Crippen molar-refractivity contribution in [3.63, 3.8) is 0 Å². The van der Waals surface area contributed by atoms with Crippen LogP contribution < -0.4 is 11.1 Å². The first kappa shape index (κ1) is 10.0. The highest BCUT2D eigenvalue weighted by Gasteiger charge is 2.21. The van der Waals surface area contributed by atoms with Gasteiger partial charge in [0.1, 0.15) is 0 Å². The second-order valence-corrected chi connectivity index (χ2v) is 3.93. The standard InChI is InChI=1S/C10H22N2/c1-2-3-4-10(7-11)12-8-9-5-6-9/h9-10,12H,2-8,11H2,1H3. The Hall–Kier alpha value is -0.0800. The summed E-state index contributed by atoms with van der Waals surface area (Å²) in [7, 11) is 0. The van der Waals surface area contributed by atoms with Crippen LogP contribution in [0, 0.1) is 5.92 Å². The van der Waals surface area contributed by atoms with Crippen LogP contribution in [0.4, 0.5) is 0 Å². The maximum Gasteiger partial charge on any atom is 0.0190 e. The van der Waals surface area contributed by atoms with Gasteiger partial charge in [0.2, 0.25) is 0 Å². The molecule has 2 heteroatoms. The predicted molar refractivity (Wildman–Crippen MR) is 53.1 cm³/mol. The van der Waals surface area contributed by atoms with Crippen molar-refractivity contribution in [3.8, 4) is 0 Å². The molecule has 0 saturated heterocycles. The highest BCUT2D eigenvalue weighted by molar-refractivity contribution is 4.78. The van der Waals surface area contributed by atoms with Gasteiger partial charge >= 0.3 is 0 Å². The molecule has 1 aliphatic rings. The molecule has 0 spiro atoms. The molecule has 0 amide bonds. The van der Waals surface area contributed by atoms with Crippen molar-refractivity contribution in [1.29, 1.82) is 0 Å². The molecular formula is C10H22N2. The van der Waals surface area contributed by atoms with Crippen LogP contribution in [0.15, 0.2) is 0 Å². The minimum absolute atomic E-state index is 0.575. The fraction of sp³-hybridized carbons (Fsp3) is 1.00. The number of rotatable bonds is 7. The third kappa shape index (κ3) is 4.07. The molecule has 3 N–H and O–H groups in total. The minimum Gasteiger partial charge on any atom is -0.329 e. The van der Waals surface area contributed by atoms with E-state index < -0.39 is 0 Å². The largest absolute Gasteiger partial charge is 0.329 e. The summed E-state index contributed by atoms with van der Waals surface area (Å²) in [5.41, 5.74) is 5.66. The Morgan fingerprint density at radius 2 is 2.25 bits per heavy atom. The van der Waals surface area contributed by atoms with E-state index in [1.807, 2.05) is 0 Å². The van der Waals surface area contributed by atoms with Crippen molar-refractivity contribution < 1.29 is 0 Å². The minimum atomic E-state index is 0.575. The van der Waals surface area contributed by atoms with Gasteiger partial charge in [-0.2, -0.15) is 0 Å². The number of nitrogens with one attached hydrogen (secondary N) is 1. The topological polar surface area (TPSA) is 38.0 Å². The lowest BCUT2D eigenvalue weighted by Gasteiger charge is -2.15. The number of hydrogen-bond donors (Lipinski definition) is 2. The molecule has 0 bridgehead atoms. The Labute approximate surface area is 75.9 Å². The van der Waals surface area contributed by atoms with E-state index in [0.717, 1.165) is 12.5 Å². The molecule has 1 saturated carbocycles. The van der Waals surface area contributed by atoms with Crippen LogP contribution >= 0.6 is 0 Å². The Bertz CT molecular complexity index is 110. The van der Waals surface area contributed by atoms with Crippen LogP contribution in [0.25, 0.3) is 0 Å². The zero-order chi connectivity index (χ0) is 8.81. The molecule has 1 atom stereocenters. The molecule has 72 valence electrons. The van der Waals surface area contributed by atoms with Crippen LogP contribution in [-0.4, -0.2) is 19.1 Å². The molecule has 0 aliphatic heterocycles. The van der Waals surface area contributed by atoms with E-state index >= 15 is 0 Å². The molecule has 1 rings (SSSR count). The van der Waals surface area contributed by atoms with Gasteiger partial charge in [0.15, 0.2) is 0 Å². The summed E-state index contributed by atoms with van der Waals surface area (Å²) < 4.78 is 0. The van der Waals surface area contributed by atoms with Crippen molar-refractivity contribution in [2.45, 2.75) is 45.1 Å². The fourth-order valence-electron chi connectivity index (χ4n) is 1.41. The predicted octanol–water partition coefficient (Wildman–Crippen LogP) is 1.50. The third-order valence-corrected chi connectivity index (χ3v) is 2.58. The highest BCUT2D eigenvalue weighted by atomic mass is 14.9. The van der Waals surface area contributed by atoms with Crippen molar-refractivity contribution in [2.75, 3.05) is 13.1 Å². The van der Waals surface area contributed by atoms with E-state index in [1.165, 1.54) is 38.6 Å². The Morgan fingerprint density at radius 1 is 1.50 bits per heavy atom. The fourth-order valence-corrected chi connectivity index (χ4v) is 1.41. The number of hydrogen-bond acceptors (Lipinski definition) is 2. The van der Waals surface area contributed by atoms with Crippen molar-refractivity contribution in [1.82, 2.24) is 5.32 Å². The maximum absolute atomic E-state index is 5.66. The summed E-state index contributed by atoms with van der Waals surface area (Å²) in [6.45, 7) is 4.23. The monoisotopic (exact) mass is 170 g/mol. The van der Waals surface area contributed by atoms with E-state index in [2.05, 4.69) is 12.2 Å². The van der Waals surface area contributed by atoms with E-state index in [1.54, 1.807) is 0 Å². The molecule has 0 aromatic carbocycles. The first-order valence-corrected chi connectivity index (χ1v) is 5.30. The van der Waals surface area contributed by atoms with Gasteiger partial charge in [-0.1, -0.05) is 19.8 Å². The van der Waals surface area contributed by atoms with Crippen LogP contribution in [0.5, 0.6) is 0 Å². The first-order valence-electron chi connectivity index (χ1n) is 5.30. The highest BCUT2D eigenvalue weighted by Crippen LogP contribution is 2.27. The first-order chi connectivity index (χ1) is 5.86. The normalized spacial score (nSPS) is 19.5. The van der Waals surface area contributed by atoms with Crippen molar-refractivity contribution in [2.24, 2.45) is 11.7 Å². The van der Waals surface area contributed by atoms with E-state index in [4.69, 9.17) is 5.73 Å². The molecule has 0 aromatic heterocycles. The average Bonchev–Trinajstić information content (AvgIpc) is 2.89. The summed E-state index contributed by atoms with van der Waals surface area (Å²) >= 11 is 0. The zero-order valence-electron chi connectivity index (χ0n) is 8.18. The summed E-state index contributed by atoms with van der Waals surface area (Å²) in [6.07, 6.45) is 6.69. The summed E-state index contributed by atoms with van der Waals surface area (Å²) in [6, 6.07) is 0.575. The number of nitrogens with two attached hydrogens (primary N) is 1. The molecular weight excluding hydrogens is 148 g/mol. The van der Waals surface area contributed by atoms with Crippen LogP contribution in [0.2, 0.25) is 0 Å². The smallest absolute Gasteiger partial charge is 0.0190 e. The molecule has 1 unspecified atom stereocenters. The summed E-state index contributed by atoms with van der Waals surface area (Å²) in [4.78, 5) is 0. The Morgan fingerprint density at radius 3 is 2.75 bits per heavy atom. The molecule has 1 fully saturated rings. The SMILES string of the molecule is CCCCC(CN)NCC1CC1. The second kappa shape index (κ2) is 5.55. The maximum atomic E-state index is 5.66. The van der Waals surface area contributed by atoms with E-state index in [0.29, 0.717) is 6.04 Å². The van der Waals surface area contributed by atoms with Gasteiger partial charge in [-0.3, -0.25) is 0 Å². The van der Waals surface area contributed by atoms with Gasteiger partial charge in [0.05, 0.1) is 0 Å². The lowest BCUT2D eigenvalue weighted by atomic mass is 10.1. The van der Waals surface area contributed by atoms with Gasteiger partial charge in [-0.05, 0) is 31.7 Å². The quantitative estimate of drug-likeness (QED) is 0.607. The van der Waals surface area contributed by atoms with Gasteiger partial charge in [-0.15, -0.1) is 0 Å². The van der Waals surface area contributed by atoms with Crippen LogP contribution in [0.3, 0.4) is 0 Å². The van der Waals surface area contributed by atoms with Crippen molar-refractivity contribution in [3.05, 3.63) is 0 Å². The Balaban J connectivity index is 1.98. The average molecular weight is 170 g/mol. The summed E-state index contributed by atoms with van der Waals surface area (Å²) in [5, 5.41) is 3.54. The lowest BCUT2D eigenvalue weighted by molar-refractivity contribution is 0.461. The molecule has 0 radical (unpaired) electrons. The van der Waals surface area contributed by atoms with Crippen molar-refractivity contribution >= 4 is 0 Å². The molecule has 1 aliphatic carbocycles. The van der Waals surface area contributed by atoms with Gasteiger partial charge in [0, 0.05) is 12.6 Å². The van der Waals surface area contributed by atoms with E-state index in [9.17, 15) is 0 Å². The molecule has 0 aromatic rings. The Kier molecular flexibility index (Phi) is 4.62. The molecule has 0 heterocycles. The number of unbranched alkanes of at least 4 members (excludes halogenated alkanes) is 1. The summed E-state index contributed by atoms with van der Waals surface area (Å²) in [5.74, 6) is 0.973. The molecule has 2 nitrogen and oxygen atoms in total. The lowest BCUT2D eigenvalue weighted by Crippen LogP contribution is -2.37. The second-order valence-electron chi connectivity index (χ2n) is 3.93. The van der Waals surface area contributed by atoms with Crippen LogP contribution in [0.1, 0.15) is 39.0 Å². The zero-order valence-corrected chi connectivity index (χ0v) is 8.18. The van der Waals surface area contributed by atoms with Crippen LogP contribution in [-0.2, 0) is 0 Å². The van der Waals surface area contributed by atoms with Gasteiger partial charge in [0.25, 0.3) is 0 Å². The van der Waals surface area contributed by atoms with Gasteiger partial charge < -0.3 is 11.1 Å². The molecule has 12 heavy (non-hydrogen) atoms. The van der Waals surface area contributed by atoms with Gasteiger partial charge in [-0.25, -0.2) is 0 Å².